The van der Waals surface area contributed by atoms with Gasteiger partial charge in [0.05, 0.1) is 1.37 Å². The molecule has 36 valence electrons. The van der Waals surface area contributed by atoms with Gasteiger partial charge in [-0.1, -0.05) is 6.07 Å². The topological polar surface area (TPSA) is 32.9 Å². The number of aromatic amines is 1. The minimum absolute atomic E-state index is 0.146. The predicted octanol–water partition coefficient (Wildman–Crippen LogP) is 0.375. The molecule has 0 saturated carbocycles. The van der Waals surface area contributed by atoms with Crippen LogP contribution in [0.4, 0.5) is 0 Å². The van der Waals surface area contributed by atoms with Crippen LogP contribution in [0.2, 0.25) is 1.41 Å². The number of rotatable bonds is 0. The van der Waals surface area contributed by atoms with E-state index in [1.807, 2.05) is 0 Å². The Morgan fingerprint density at radius 3 is 3.29 bits per heavy atom. The molecule has 1 aromatic heterocycles. The van der Waals surface area contributed by atoms with Gasteiger partial charge < -0.3 is 4.98 Å². The Hall–Kier alpha value is -1.05. The average molecular weight is 97.1 g/mol. The molecule has 0 saturated heterocycles. The molecule has 0 aliphatic carbocycles. The summed E-state index contributed by atoms with van der Waals surface area (Å²) in [5, 5.41) is 0. The first-order valence-electron chi connectivity index (χ1n) is 2.84. The van der Waals surface area contributed by atoms with Crippen LogP contribution in [0.1, 0.15) is 1.37 Å². The van der Waals surface area contributed by atoms with Gasteiger partial charge >= 0.3 is 0 Å². The van der Waals surface area contributed by atoms with E-state index in [1.54, 1.807) is 0 Å². The van der Waals surface area contributed by atoms with Crippen LogP contribution in [0.25, 0.3) is 0 Å². The van der Waals surface area contributed by atoms with Gasteiger partial charge in [0.15, 0.2) is 1.41 Å². The second-order valence-corrected chi connectivity index (χ2v) is 1.09. The van der Waals surface area contributed by atoms with Crippen molar-refractivity contribution < 1.29 is 2.78 Å². The average Bonchev–Trinajstić information content (AvgIpc) is 1.83. The number of nitrogens with one attached hydrogen (secondary N) is 1. The molecule has 0 unspecified atom stereocenters. The Morgan fingerprint density at radius 2 is 2.71 bits per heavy atom. The molecule has 0 bridgehead atoms. The van der Waals surface area contributed by atoms with E-state index in [4.69, 9.17) is 2.78 Å². The zero-order valence-corrected chi connectivity index (χ0v) is 3.59. The molecule has 1 rings (SSSR count). The highest BCUT2D eigenvalue weighted by Gasteiger charge is 1.69. The molecule has 0 spiro atoms. The standard InChI is InChI=1S/C5H5NO/c7-5-3-1-2-4-6-5/h1-4H,(H,6,7)/i3D/hD. The van der Waals surface area contributed by atoms with Crippen molar-refractivity contribution in [2.75, 3.05) is 0 Å². The lowest BCUT2D eigenvalue weighted by molar-refractivity contribution is 1.24. The quantitative estimate of drug-likeness (QED) is 0.498. The van der Waals surface area contributed by atoms with E-state index in [0.29, 0.717) is 4.98 Å². The largest absolute Gasteiger partial charge is 0.329 e. The van der Waals surface area contributed by atoms with Crippen molar-refractivity contribution in [3.8, 4) is 0 Å². The Kier molecular flexibility index (Phi) is 0.527. The molecule has 0 amide bonds. The minimum atomic E-state index is -0.586. The predicted molar refractivity (Wildman–Crippen MR) is 27.1 cm³/mol. The van der Waals surface area contributed by atoms with E-state index in [2.05, 4.69) is 0 Å². The normalized spacial score (nSPS) is 12.6. The highest BCUT2D eigenvalue weighted by molar-refractivity contribution is 4.89. The smallest absolute Gasteiger partial charge is 0.247 e. The maximum Gasteiger partial charge on any atom is 0.247 e. The van der Waals surface area contributed by atoms with Gasteiger partial charge in [-0.05, 0) is 6.07 Å². The third kappa shape index (κ3) is 0.892. The first-order valence-corrected chi connectivity index (χ1v) is 1.89. The van der Waals surface area contributed by atoms with Gasteiger partial charge in [0, 0.05) is 12.2 Å². The van der Waals surface area contributed by atoms with Gasteiger partial charge in [-0.2, -0.15) is 0 Å². The zero-order chi connectivity index (χ0) is 6.85. The van der Waals surface area contributed by atoms with Gasteiger partial charge in [0.25, 0.3) is 0 Å². The highest BCUT2D eigenvalue weighted by Crippen LogP contribution is 1.67. The molecule has 7 heavy (non-hydrogen) atoms. The van der Waals surface area contributed by atoms with Crippen LogP contribution in [0.5, 0.6) is 0 Å². The third-order valence-corrected chi connectivity index (χ3v) is 0.581. The number of hydrogen-bond donors (Lipinski definition) is 1. The van der Waals surface area contributed by atoms with Gasteiger partial charge in [-0.25, -0.2) is 0 Å². The summed E-state index contributed by atoms with van der Waals surface area (Å²) in [5.41, 5.74) is -0.586. The highest BCUT2D eigenvalue weighted by atomic mass is 16.1. The van der Waals surface area contributed by atoms with E-state index in [0.717, 1.165) is 0 Å². The maximum absolute atomic E-state index is 10.6. The van der Waals surface area contributed by atoms with Crippen LogP contribution in [-0.2, 0) is 0 Å². The molecule has 2 nitrogen and oxygen atoms in total. The van der Waals surface area contributed by atoms with Crippen molar-refractivity contribution in [3.05, 3.63) is 34.7 Å². The SMILES string of the molecule is [2H]c1cccn([2H])c1=O. The summed E-state index contributed by atoms with van der Waals surface area (Å²) in [4.78, 5) is 11.2. The monoisotopic (exact) mass is 97.0 g/mol. The molecular weight excluding hydrogens is 90.1 g/mol. The molecule has 0 aliphatic rings. The molecule has 1 aromatic rings. The summed E-state index contributed by atoms with van der Waals surface area (Å²) in [6, 6.07) is 2.69. The van der Waals surface area contributed by atoms with E-state index in [9.17, 15) is 4.79 Å². The fourth-order valence-electron chi connectivity index (χ4n) is 0.310. The van der Waals surface area contributed by atoms with Crippen molar-refractivity contribution in [3.63, 3.8) is 0 Å². The number of aromatic nitrogens is 1. The van der Waals surface area contributed by atoms with Crippen molar-refractivity contribution in [2.24, 2.45) is 0 Å². The maximum atomic E-state index is 10.6. The van der Waals surface area contributed by atoms with Gasteiger partial charge in [-0.15, -0.1) is 0 Å². The van der Waals surface area contributed by atoms with E-state index >= 15 is 0 Å². The van der Waals surface area contributed by atoms with Crippen LogP contribution in [0.3, 0.4) is 0 Å². The van der Waals surface area contributed by atoms with Crippen LogP contribution < -0.4 is 5.56 Å². The Bertz CT molecular complexity index is 245. The van der Waals surface area contributed by atoms with Crippen molar-refractivity contribution in [1.82, 2.24) is 4.98 Å². The Labute approximate surface area is 43.7 Å². The van der Waals surface area contributed by atoms with E-state index in [1.165, 1.54) is 18.3 Å². The van der Waals surface area contributed by atoms with Crippen LogP contribution in [-0.4, -0.2) is 4.98 Å². The number of H-pyrrole nitrogens is 1. The van der Waals surface area contributed by atoms with Gasteiger partial charge in [-0.3, -0.25) is 4.79 Å². The summed E-state index contributed by atoms with van der Waals surface area (Å²) < 4.78 is 13.8. The first kappa shape index (κ1) is 2.31. The zero-order valence-electron chi connectivity index (χ0n) is 5.59. The lowest BCUT2D eigenvalue weighted by Gasteiger charge is -1.73. The molecule has 0 aromatic carbocycles. The molecular formula is C5H5NO. The lowest BCUT2D eigenvalue weighted by atomic mass is 10.5. The molecule has 2 heteroatoms. The molecule has 0 radical (unpaired) electrons. The van der Waals surface area contributed by atoms with Crippen LogP contribution in [0, 0.1) is 0 Å². The molecule has 0 fully saturated rings. The summed E-state index contributed by atoms with van der Waals surface area (Å²) in [7, 11) is 0. The lowest BCUT2D eigenvalue weighted by Crippen LogP contribution is -1.98. The summed E-state index contributed by atoms with van der Waals surface area (Å²) in [6.07, 6.45) is 1.29. The Morgan fingerprint density at radius 1 is 1.86 bits per heavy atom. The third-order valence-electron chi connectivity index (χ3n) is 0.581. The number of pyridine rings is 1. The van der Waals surface area contributed by atoms with Gasteiger partial charge in [0.2, 0.25) is 5.56 Å². The molecule has 0 aliphatic heterocycles. The number of hydrogen-bond acceptors (Lipinski definition) is 1. The molecule has 0 atom stereocenters. The van der Waals surface area contributed by atoms with Crippen molar-refractivity contribution in [1.29, 1.82) is 0 Å². The van der Waals surface area contributed by atoms with E-state index in [-0.39, 0.29) is 6.04 Å². The van der Waals surface area contributed by atoms with Gasteiger partial charge in [0.1, 0.15) is 0 Å². The van der Waals surface area contributed by atoms with Crippen LogP contribution in [0.15, 0.2) is 29.2 Å². The second kappa shape index (κ2) is 1.60. The fourth-order valence-corrected chi connectivity index (χ4v) is 0.310. The van der Waals surface area contributed by atoms with Crippen molar-refractivity contribution >= 4 is 0 Å². The van der Waals surface area contributed by atoms with E-state index < -0.39 is 5.56 Å². The molecule has 1 N–H and O–H groups in total. The fraction of sp³-hybridized carbons (Fsp3) is 0. The van der Waals surface area contributed by atoms with Crippen molar-refractivity contribution in [2.45, 2.75) is 0 Å². The van der Waals surface area contributed by atoms with Crippen LogP contribution >= 0.6 is 0 Å². The summed E-state index contributed by atoms with van der Waals surface area (Å²) in [5.74, 6) is 0. The summed E-state index contributed by atoms with van der Waals surface area (Å²) >= 11 is 0. The first-order chi connectivity index (χ1) is 4.22. The summed E-state index contributed by atoms with van der Waals surface area (Å²) in [6.45, 7) is 0. The minimum Gasteiger partial charge on any atom is -0.329 e. The Balaban J connectivity index is 3.43. The molecule has 1 heterocycles. The second-order valence-electron chi connectivity index (χ2n) is 1.09.